The monoisotopic (exact) mass is 444 g/mol. The van der Waals surface area contributed by atoms with Gasteiger partial charge in [-0.1, -0.05) is 11.6 Å². The van der Waals surface area contributed by atoms with E-state index in [4.69, 9.17) is 26.2 Å². The van der Waals surface area contributed by atoms with Crippen LogP contribution in [0, 0.1) is 20.8 Å². The van der Waals surface area contributed by atoms with E-state index in [1.807, 2.05) is 24.5 Å². The molecule has 2 aromatic rings. The normalized spacial score (nSPS) is 14.6. The molecule has 0 aliphatic carbocycles. The van der Waals surface area contributed by atoms with Crippen molar-refractivity contribution in [1.82, 2.24) is 10.3 Å². The topological polar surface area (TPSA) is 71.5 Å². The molecule has 1 fully saturated rings. The molecule has 0 spiro atoms. The predicted molar refractivity (Wildman–Crippen MR) is 109 cm³/mol. The molecule has 1 aromatic heterocycles. The fourth-order valence-electron chi connectivity index (χ4n) is 3.07. The SMILES string of the molecule is Cc1cncc(-c2cc(Cl)cc(C)c2OC2CCNCC2)c1C.O=C(O)C(F)(F)F. The highest BCUT2D eigenvalue weighted by molar-refractivity contribution is 6.31. The maximum atomic E-state index is 10.6. The van der Waals surface area contributed by atoms with Gasteiger partial charge in [0.15, 0.2) is 0 Å². The fraction of sp³-hybridized carbons (Fsp3) is 0.429. The van der Waals surface area contributed by atoms with Crippen LogP contribution in [0.1, 0.15) is 29.5 Å². The highest BCUT2D eigenvalue weighted by Crippen LogP contribution is 2.38. The molecular formula is C21H24ClF3N2O3. The first-order chi connectivity index (χ1) is 14.0. The first-order valence-electron chi connectivity index (χ1n) is 9.40. The molecule has 1 aliphatic rings. The van der Waals surface area contributed by atoms with Gasteiger partial charge < -0.3 is 15.2 Å². The smallest absolute Gasteiger partial charge is 0.489 e. The Balaban J connectivity index is 0.000000396. The van der Waals surface area contributed by atoms with E-state index in [0.29, 0.717) is 0 Å². The van der Waals surface area contributed by atoms with Crippen LogP contribution in [0.25, 0.3) is 11.1 Å². The zero-order valence-corrected chi connectivity index (χ0v) is 17.7. The molecule has 164 valence electrons. The number of benzene rings is 1. The third-order valence-corrected chi connectivity index (χ3v) is 5.03. The van der Waals surface area contributed by atoms with Gasteiger partial charge in [-0.05, 0) is 75.5 Å². The Morgan fingerprint density at radius 3 is 2.30 bits per heavy atom. The number of aliphatic carboxylic acids is 1. The zero-order chi connectivity index (χ0) is 22.5. The third-order valence-electron chi connectivity index (χ3n) is 4.81. The Hall–Kier alpha value is -2.32. The molecule has 30 heavy (non-hydrogen) atoms. The number of hydrogen-bond acceptors (Lipinski definition) is 4. The van der Waals surface area contributed by atoms with Gasteiger partial charge in [0.05, 0.1) is 0 Å². The van der Waals surface area contributed by atoms with Gasteiger partial charge in [-0.15, -0.1) is 0 Å². The summed E-state index contributed by atoms with van der Waals surface area (Å²) in [6.07, 6.45) is 1.04. The molecule has 0 radical (unpaired) electrons. The van der Waals surface area contributed by atoms with Crippen molar-refractivity contribution in [3.05, 3.63) is 46.2 Å². The van der Waals surface area contributed by atoms with E-state index >= 15 is 0 Å². The molecule has 9 heteroatoms. The van der Waals surface area contributed by atoms with Crippen molar-refractivity contribution in [1.29, 1.82) is 0 Å². The summed E-state index contributed by atoms with van der Waals surface area (Å²) in [7, 11) is 0. The molecule has 0 bridgehead atoms. The minimum atomic E-state index is -5.08. The highest BCUT2D eigenvalue weighted by Gasteiger charge is 2.38. The summed E-state index contributed by atoms with van der Waals surface area (Å²) in [5.74, 6) is -1.82. The number of nitrogens with one attached hydrogen (secondary N) is 1. The van der Waals surface area contributed by atoms with Crippen LogP contribution in [-0.2, 0) is 4.79 Å². The molecule has 0 saturated carbocycles. The lowest BCUT2D eigenvalue weighted by Crippen LogP contribution is -2.34. The van der Waals surface area contributed by atoms with Gasteiger partial charge in [-0.3, -0.25) is 4.98 Å². The molecule has 0 atom stereocenters. The fourth-order valence-corrected chi connectivity index (χ4v) is 3.34. The Morgan fingerprint density at radius 1 is 1.13 bits per heavy atom. The standard InChI is InChI=1S/C19H23ClN2O.C2HF3O2/c1-12-8-15(20)9-17(18-11-22-10-13(2)14(18)3)19(12)23-16-4-6-21-7-5-16;3-2(4,5)1(6)7/h8-11,16,21H,4-7H2,1-3H3;(H,6,7). The minimum absolute atomic E-state index is 0.257. The van der Waals surface area contributed by atoms with Crippen LogP contribution >= 0.6 is 11.6 Å². The number of pyridine rings is 1. The van der Waals surface area contributed by atoms with Crippen molar-refractivity contribution in [2.24, 2.45) is 0 Å². The van der Waals surface area contributed by atoms with Crippen LogP contribution in [-0.4, -0.2) is 41.4 Å². The quantitative estimate of drug-likeness (QED) is 0.689. The van der Waals surface area contributed by atoms with Gasteiger partial charge in [0.2, 0.25) is 0 Å². The van der Waals surface area contributed by atoms with Crippen LogP contribution in [0.3, 0.4) is 0 Å². The van der Waals surface area contributed by atoms with Gasteiger partial charge in [0.25, 0.3) is 0 Å². The van der Waals surface area contributed by atoms with Gasteiger partial charge in [0, 0.05) is 28.5 Å². The number of piperidine rings is 1. The number of aromatic nitrogens is 1. The Kier molecular flexibility index (Phi) is 8.09. The second kappa shape index (κ2) is 10.1. The van der Waals surface area contributed by atoms with Crippen molar-refractivity contribution >= 4 is 17.6 Å². The molecule has 5 nitrogen and oxygen atoms in total. The van der Waals surface area contributed by atoms with Gasteiger partial charge >= 0.3 is 12.1 Å². The largest absolute Gasteiger partial charge is 0.490 e. The molecule has 0 unspecified atom stereocenters. The highest BCUT2D eigenvalue weighted by atomic mass is 35.5. The van der Waals surface area contributed by atoms with Crippen LogP contribution in [0.15, 0.2) is 24.5 Å². The average molecular weight is 445 g/mol. The van der Waals surface area contributed by atoms with E-state index in [9.17, 15) is 13.2 Å². The van der Waals surface area contributed by atoms with E-state index in [0.717, 1.165) is 53.4 Å². The second-order valence-corrected chi connectivity index (χ2v) is 7.53. The van der Waals surface area contributed by atoms with Crippen LogP contribution in [0.5, 0.6) is 5.75 Å². The van der Waals surface area contributed by atoms with E-state index in [1.165, 1.54) is 11.1 Å². The van der Waals surface area contributed by atoms with Crippen LogP contribution < -0.4 is 10.1 Å². The van der Waals surface area contributed by atoms with Crippen LogP contribution in [0.2, 0.25) is 5.02 Å². The Labute approximate surface area is 178 Å². The maximum Gasteiger partial charge on any atom is 0.490 e. The zero-order valence-electron chi connectivity index (χ0n) is 16.9. The van der Waals surface area contributed by atoms with Crippen molar-refractivity contribution in [3.63, 3.8) is 0 Å². The number of carboxylic acid groups (broad SMARTS) is 1. The first kappa shape index (κ1) is 24.0. The number of alkyl halides is 3. The number of ether oxygens (including phenoxy) is 1. The lowest BCUT2D eigenvalue weighted by molar-refractivity contribution is -0.192. The van der Waals surface area contributed by atoms with Crippen LogP contribution in [0.4, 0.5) is 13.2 Å². The summed E-state index contributed by atoms with van der Waals surface area (Å²) in [5, 5.41) is 11.2. The average Bonchev–Trinajstić information content (AvgIpc) is 2.66. The van der Waals surface area contributed by atoms with Crippen molar-refractivity contribution in [2.45, 2.75) is 45.9 Å². The number of hydrogen-bond donors (Lipinski definition) is 2. The summed E-state index contributed by atoms with van der Waals surface area (Å²) >= 11 is 6.32. The summed E-state index contributed by atoms with van der Waals surface area (Å²) in [4.78, 5) is 13.3. The number of halogens is 4. The molecule has 2 heterocycles. The molecule has 2 N–H and O–H groups in total. The predicted octanol–water partition coefficient (Wildman–Crippen LogP) is 5.09. The van der Waals surface area contributed by atoms with Gasteiger partial charge in [-0.25, -0.2) is 4.79 Å². The minimum Gasteiger partial charge on any atom is -0.489 e. The number of nitrogens with zero attached hydrogens (tertiary/aromatic N) is 1. The molecule has 3 rings (SSSR count). The van der Waals surface area contributed by atoms with E-state index in [1.54, 1.807) is 0 Å². The van der Waals surface area contributed by atoms with Crippen molar-refractivity contribution in [3.8, 4) is 16.9 Å². The number of rotatable bonds is 3. The van der Waals surface area contributed by atoms with E-state index in [2.05, 4.69) is 31.1 Å². The number of carbonyl (C=O) groups is 1. The first-order valence-corrected chi connectivity index (χ1v) is 9.77. The summed E-state index contributed by atoms with van der Waals surface area (Å²) < 4.78 is 38.1. The Morgan fingerprint density at radius 2 is 1.73 bits per heavy atom. The molecule has 0 amide bonds. The molecular weight excluding hydrogens is 421 g/mol. The van der Waals surface area contributed by atoms with Gasteiger partial charge in [-0.2, -0.15) is 13.2 Å². The summed E-state index contributed by atoms with van der Waals surface area (Å²) in [6, 6.07) is 3.97. The lowest BCUT2D eigenvalue weighted by atomic mass is 9.97. The van der Waals surface area contributed by atoms with E-state index < -0.39 is 12.1 Å². The Bertz CT molecular complexity index is 898. The summed E-state index contributed by atoms with van der Waals surface area (Å²) in [5.41, 5.74) is 5.61. The molecule has 1 aliphatic heterocycles. The summed E-state index contributed by atoms with van der Waals surface area (Å²) in [6.45, 7) is 8.28. The molecule has 1 saturated heterocycles. The van der Waals surface area contributed by atoms with Gasteiger partial charge in [0.1, 0.15) is 11.9 Å². The van der Waals surface area contributed by atoms with E-state index in [-0.39, 0.29) is 6.10 Å². The van der Waals surface area contributed by atoms with Crippen molar-refractivity contribution < 1.29 is 27.8 Å². The molecule has 1 aromatic carbocycles. The number of aryl methyl sites for hydroxylation is 2. The number of carboxylic acids is 1. The maximum absolute atomic E-state index is 10.6. The lowest BCUT2D eigenvalue weighted by Gasteiger charge is -2.26. The van der Waals surface area contributed by atoms with Crippen molar-refractivity contribution in [2.75, 3.05) is 13.1 Å². The third kappa shape index (κ3) is 6.34. The second-order valence-electron chi connectivity index (χ2n) is 7.10.